The molecule has 0 saturated carbocycles. The van der Waals surface area contributed by atoms with E-state index in [2.05, 4.69) is 17.2 Å². The van der Waals surface area contributed by atoms with E-state index >= 15 is 0 Å². The van der Waals surface area contributed by atoms with E-state index < -0.39 is 0 Å². The molecule has 0 aliphatic heterocycles. The summed E-state index contributed by atoms with van der Waals surface area (Å²) in [5.41, 5.74) is 1.40. The SMILES string of the molecule is CC(=O)N[C@H](CCCC#C/C=C\Cl)CCC/C=C\C=C(Cl)Cl. The van der Waals surface area contributed by atoms with Gasteiger partial charge in [-0.1, -0.05) is 58.8 Å². The fourth-order valence-electron chi connectivity index (χ4n) is 1.89. The molecule has 2 nitrogen and oxygen atoms in total. The van der Waals surface area contributed by atoms with Crippen LogP contribution in [0.5, 0.6) is 0 Å². The third-order valence-electron chi connectivity index (χ3n) is 2.79. The largest absolute Gasteiger partial charge is 0.354 e. The molecule has 0 unspecified atom stereocenters. The number of nitrogens with one attached hydrogen (secondary N) is 1. The second-order valence-corrected chi connectivity index (χ2v) is 5.98. The van der Waals surface area contributed by atoms with Crippen LogP contribution in [0.25, 0.3) is 0 Å². The highest BCUT2D eigenvalue weighted by molar-refractivity contribution is 6.55. The zero-order chi connectivity index (χ0) is 16.6. The van der Waals surface area contributed by atoms with E-state index in [-0.39, 0.29) is 16.4 Å². The zero-order valence-corrected chi connectivity index (χ0v) is 15.0. The van der Waals surface area contributed by atoms with Crippen LogP contribution in [0.4, 0.5) is 0 Å². The molecule has 1 atom stereocenters. The van der Waals surface area contributed by atoms with Crippen molar-refractivity contribution >= 4 is 40.7 Å². The van der Waals surface area contributed by atoms with Crippen LogP contribution in [0.2, 0.25) is 0 Å². The van der Waals surface area contributed by atoms with Crippen molar-refractivity contribution < 1.29 is 4.79 Å². The van der Waals surface area contributed by atoms with Gasteiger partial charge in [-0.15, -0.1) is 0 Å². The van der Waals surface area contributed by atoms with Crippen molar-refractivity contribution in [3.8, 4) is 11.8 Å². The number of rotatable bonds is 9. The van der Waals surface area contributed by atoms with Gasteiger partial charge in [0.1, 0.15) is 4.49 Å². The van der Waals surface area contributed by atoms with Crippen molar-refractivity contribution in [3.63, 3.8) is 0 Å². The van der Waals surface area contributed by atoms with Crippen LogP contribution in [-0.4, -0.2) is 11.9 Å². The molecule has 0 aromatic carbocycles. The highest BCUT2D eigenvalue weighted by Gasteiger charge is 2.08. The van der Waals surface area contributed by atoms with Crippen molar-refractivity contribution in [2.75, 3.05) is 0 Å². The first kappa shape index (κ1) is 21.1. The van der Waals surface area contributed by atoms with Gasteiger partial charge in [0, 0.05) is 24.9 Å². The van der Waals surface area contributed by atoms with Crippen LogP contribution in [0, 0.1) is 11.8 Å². The number of halogens is 3. The predicted octanol–water partition coefficient (Wildman–Crippen LogP) is 5.46. The Morgan fingerprint density at radius 3 is 2.64 bits per heavy atom. The lowest BCUT2D eigenvalue weighted by molar-refractivity contribution is -0.119. The van der Waals surface area contributed by atoms with Crippen LogP contribution >= 0.6 is 34.8 Å². The molecule has 0 rings (SSSR count). The maximum absolute atomic E-state index is 11.2. The van der Waals surface area contributed by atoms with Crippen molar-refractivity contribution in [2.24, 2.45) is 0 Å². The Kier molecular flexibility index (Phi) is 14.4. The van der Waals surface area contributed by atoms with E-state index in [4.69, 9.17) is 34.8 Å². The van der Waals surface area contributed by atoms with Crippen molar-refractivity contribution in [1.82, 2.24) is 5.32 Å². The molecule has 0 aromatic heterocycles. The number of amides is 1. The van der Waals surface area contributed by atoms with Gasteiger partial charge < -0.3 is 5.32 Å². The van der Waals surface area contributed by atoms with Crippen LogP contribution < -0.4 is 5.32 Å². The van der Waals surface area contributed by atoms with Gasteiger partial charge in [0.05, 0.1) is 0 Å². The van der Waals surface area contributed by atoms with Gasteiger partial charge in [-0.05, 0) is 44.3 Å². The van der Waals surface area contributed by atoms with Crippen molar-refractivity contribution in [2.45, 2.75) is 51.5 Å². The Labute approximate surface area is 148 Å². The molecular weight excluding hydrogens is 341 g/mol. The van der Waals surface area contributed by atoms with E-state index in [0.717, 1.165) is 38.5 Å². The predicted molar refractivity (Wildman–Crippen MR) is 97.0 cm³/mol. The number of hydrogen-bond donors (Lipinski definition) is 1. The number of hydrogen-bond acceptors (Lipinski definition) is 1. The van der Waals surface area contributed by atoms with E-state index in [9.17, 15) is 4.79 Å². The Morgan fingerprint density at radius 2 is 2.00 bits per heavy atom. The number of unbranched alkanes of at least 4 members (excludes halogenated alkanes) is 2. The molecule has 0 spiro atoms. The molecule has 0 saturated heterocycles. The van der Waals surface area contributed by atoms with Crippen molar-refractivity contribution in [3.05, 3.63) is 34.3 Å². The van der Waals surface area contributed by atoms with E-state index in [1.165, 1.54) is 5.54 Å². The summed E-state index contributed by atoms with van der Waals surface area (Å²) >= 11 is 16.4. The van der Waals surface area contributed by atoms with Gasteiger partial charge in [-0.2, -0.15) is 0 Å². The Hall–Kier alpha value is -0.880. The smallest absolute Gasteiger partial charge is 0.217 e. The van der Waals surface area contributed by atoms with Crippen molar-refractivity contribution in [1.29, 1.82) is 0 Å². The van der Waals surface area contributed by atoms with E-state index in [0.29, 0.717) is 0 Å². The number of carbonyl (C=O) groups excluding carboxylic acids is 1. The van der Waals surface area contributed by atoms with E-state index in [1.54, 1.807) is 19.1 Å². The first-order chi connectivity index (χ1) is 10.6. The Morgan fingerprint density at radius 1 is 1.27 bits per heavy atom. The Bertz CT molecular complexity index is 454. The summed E-state index contributed by atoms with van der Waals surface area (Å²) in [4.78, 5) is 11.2. The van der Waals surface area contributed by atoms with Crippen LogP contribution in [0.15, 0.2) is 34.3 Å². The minimum Gasteiger partial charge on any atom is -0.354 e. The van der Waals surface area contributed by atoms with Gasteiger partial charge >= 0.3 is 0 Å². The molecular formula is C17H22Cl3NO. The highest BCUT2D eigenvalue weighted by Crippen LogP contribution is 2.10. The van der Waals surface area contributed by atoms with E-state index in [1.807, 2.05) is 12.2 Å². The van der Waals surface area contributed by atoms with Gasteiger partial charge in [-0.3, -0.25) is 4.79 Å². The lowest BCUT2D eigenvalue weighted by Crippen LogP contribution is -2.32. The van der Waals surface area contributed by atoms with Crippen LogP contribution in [-0.2, 0) is 4.79 Å². The van der Waals surface area contributed by atoms with Crippen LogP contribution in [0.1, 0.15) is 45.4 Å². The fraction of sp³-hybridized carbons (Fsp3) is 0.471. The van der Waals surface area contributed by atoms with Gasteiger partial charge in [0.25, 0.3) is 0 Å². The number of allylic oxidation sites excluding steroid dienone is 4. The summed E-state index contributed by atoms with van der Waals surface area (Å²) in [6, 6.07) is 0.198. The summed E-state index contributed by atoms with van der Waals surface area (Å²) in [5, 5.41) is 2.99. The van der Waals surface area contributed by atoms with Gasteiger partial charge in [0.2, 0.25) is 5.91 Å². The summed E-state index contributed by atoms with van der Waals surface area (Å²) in [6.45, 7) is 1.55. The zero-order valence-electron chi connectivity index (χ0n) is 12.7. The summed E-state index contributed by atoms with van der Waals surface area (Å²) in [5.74, 6) is 5.86. The topological polar surface area (TPSA) is 29.1 Å². The molecule has 0 fully saturated rings. The summed E-state index contributed by atoms with van der Waals surface area (Å²) in [6.07, 6.45) is 12.6. The molecule has 0 aliphatic rings. The molecule has 1 amide bonds. The molecule has 5 heteroatoms. The second-order valence-electron chi connectivity index (χ2n) is 4.72. The minimum atomic E-state index is 0.00792. The standard InChI is InChI=1S/C17H22Cl3NO/c1-15(22)21-16(11-7-3-2-6-10-14-18)12-8-4-5-9-13-17(19)20/h5,9-10,13-14,16H,3-4,7-8,11-12H2,1H3,(H,21,22)/b9-5-,14-10-/t16-/m1/s1. The molecule has 0 heterocycles. The normalized spacial score (nSPS) is 12.0. The average Bonchev–Trinajstić information content (AvgIpc) is 2.45. The third kappa shape index (κ3) is 15.5. The fourth-order valence-corrected chi connectivity index (χ4v) is 2.10. The summed E-state index contributed by atoms with van der Waals surface area (Å²) < 4.78 is 0.248. The highest BCUT2D eigenvalue weighted by atomic mass is 35.5. The molecule has 122 valence electrons. The minimum absolute atomic E-state index is 0.00792. The molecule has 0 aliphatic carbocycles. The maximum Gasteiger partial charge on any atom is 0.217 e. The average molecular weight is 363 g/mol. The lowest BCUT2D eigenvalue weighted by atomic mass is 10.0. The number of carbonyl (C=O) groups is 1. The first-order valence-corrected chi connectivity index (χ1v) is 8.44. The monoisotopic (exact) mass is 361 g/mol. The maximum atomic E-state index is 11.2. The molecule has 1 N–H and O–H groups in total. The lowest BCUT2D eigenvalue weighted by Gasteiger charge is -2.16. The summed E-state index contributed by atoms with van der Waals surface area (Å²) in [7, 11) is 0. The van der Waals surface area contributed by atoms with Crippen LogP contribution in [0.3, 0.4) is 0 Å². The molecule has 0 radical (unpaired) electrons. The molecule has 0 aromatic rings. The molecule has 0 bridgehead atoms. The van der Waals surface area contributed by atoms with Gasteiger partial charge in [0.15, 0.2) is 0 Å². The Balaban J connectivity index is 4.03. The quantitative estimate of drug-likeness (QED) is 0.329. The third-order valence-corrected chi connectivity index (χ3v) is 3.17. The molecule has 22 heavy (non-hydrogen) atoms. The second kappa shape index (κ2) is 15.0. The van der Waals surface area contributed by atoms with Gasteiger partial charge in [-0.25, -0.2) is 0 Å². The first-order valence-electron chi connectivity index (χ1n) is 7.24.